The monoisotopic (exact) mass is 387 g/mol. The minimum atomic E-state index is -0.396. The lowest BCUT2D eigenvalue weighted by atomic mass is 9.97. The lowest BCUT2D eigenvalue weighted by Gasteiger charge is -2.37. The van der Waals surface area contributed by atoms with Crippen LogP contribution in [0.1, 0.15) is 52.0 Å². The topological polar surface area (TPSA) is 106 Å². The van der Waals surface area contributed by atoms with Crippen molar-refractivity contribution < 1.29 is 19.1 Å². The number of ether oxygens (including phenoxy) is 2. The minimum Gasteiger partial charge on any atom is -0.491 e. The molecular formula is C21H29N3O4. The van der Waals surface area contributed by atoms with Crippen molar-refractivity contribution >= 4 is 12.0 Å². The summed E-state index contributed by atoms with van der Waals surface area (Å²) in [6, 6.07) is 8.55. The standard InChI is InChI=1S/C21H29N3O4/c1-14(2)28-21(26)24(19-6-4-5-17(19)11-20(23)25)15(3)13-27-18-9-7-16(12-22)8-10-18/h7-10,14-15,17,19H,4-6,11,13H2,1-3H3,(H2,23,25). The summed E-state index contributed by atoms with van der Waals surface area (Å²) in [6.45, 7) is 5.80. The Morgan fingerprint density at radius 3 is 2.50 bits per heavy atom. The van der Waals surface area contributed by atoms with E-state index in [1.165, 1.54) is 0 Å². The van der Waals surface area contributed by atoms with Gasteiger partial charge in [-0.25, -0.2) is 4.79 Å². The molecule has 2 rings (SSSR count). The fourth-order valence-corrected chi connectivity index (χ4v) is 3.71. The summed E-state index contributed by atoms with van der Waals surface area (Å²) in [6.07, 6.45) is 2.25. The fourth-order valence-electron chi connectivity index (χ4n) is 3.71. The van der Waals surface area contributed by atoms with Gasteiger partial charge < -0.3 is 15.2 Å². The average molecular weight is 387 g/mol. The van der Waals surface area contributed by atoms with Crippen LogP contribution in [0.5, 0.6) is 5.75 Å². The van der Waals surface area contributed by atoms with E-state index in [1.807, 2.05) is 20.8 Å². The number of nitrogens with zero attached hydrogens (tertiary/aromatic N) is 2. The van der Waals surface area contributed by atoms with Crippen LogP contribution in [0, 0.1) is 17.2 Å². The summed E-state index contributed by atoms with van der Waals surface area (Å²) < 4.78 is 11.3. The Kier molecular flexibility index (Phi) is 7.68. The molecule has 1 aromatic rings. The van der Waals surface area contributed by atoms with Crippen LogP contribution in [0.3, 0.4) is 0 Å². The first kappa shape index (κ1) is 21.5. The predicted molar refractivity (Wildman–Crippen MR) is 105 cm³/mol. The summed E-state index contributed by atoms with van der Waals surface area (Å²) in [5.74, 6) is 0.313. The van der Waals surface area contributed by atoms with E-state index in [1.54, 1.807) is 29.2 Å². The molecule has 3 unspecified atom stereocenters. The second-order valence-electron chi connectivity index (χ2n) is 7.56. The van der Waals surface area contributed by atoms with Crippen LogP contribution in [0.15, 0.2) is 24.3 Å². The Hall–Kier alpha value is -2.75. The summed E-state index contributed by atoms with van der Waals surface area (Å²) in [4.78, 5) is 26.0. The van der Waals surface area contributed by atoms with E-state index in [2.05, 4.69) is 6.07 Å². The molecule has 0 aromatic heterocycles. The molecule has 1 aromatic carbocycles. The van der Waals surface area contributed by atoms with Gasteiger partial charge in [-0.2, -0.15) is 5.26 Å². The van der Waals surface area contributed by atoms with E-state index in [9.17, 15) is 9.59 Å². The van der Waals surface area contributed by atoms with E-state index in [-0.39, 0.29) is 43.0 Å². The third-order valence-corrected chi connectivity index (χ3v) is 4.94. The number of hydrogen-bond donors (Lipinski definition) is 1. The molecule has 7 nitrogen and oxygen atoms in total. The molecule has 0 aliphatic heterocycles. The quantitative estimate of drug-likeness (QED) is 0.737. The zero-order chi connectivity index (χ0) is 20.7. The number of benzene rings is 1. The third kappa shape index (κ3) is 5.88. The molecule has 28 heavy (non-hydrogen) atoms. The highest BCUT2D eigenvalue weighted by Gasteiger charge is 2.39. The highest BCUT2D eigenvalue weighted by Crippen LogP contribution is 2.34. The maximum Gasteiger partial charge on any atom is 0.410 e. The van der Waals surface area contributed by atoms with Gasteiger partial charge in [0.25, 0.3) is 0 Å². The van der Waals surface area contributed by atoms with Crippen molar-refractivity contribution in [3.63, 3.8) is 0 Å². The van der Waals surface area contributed by atoms with E-state index < -0.39 is 6.09 Å². The summed E-state index contributed by atoms with van der Waals surface area (Å²) in [5.41, 5.74) is 5.96. The Labute approximate surface area is 166 Å². The number of carbonyl (C=O) groups is 2. The van der Waals surface area contributed by atoms with Crippen LogP contribution in [-0.2, 0) is 9.53 Å². The molecule has 1 aliphatic carbocycles. The van der Waals surface area contributed by atoms with Crippen molar-refractivity contribution in [2.24, 2.45) is 11.7 Å². The first-order valence-corrected chi connectivity index (χ1v) is 9.72. The van der Waals surface area contributed by atoms with Crippen molar-refractivity contribution in [1.82, 2.24) is 4.90 Å². The zero-order valence-electron chi connectivity index (χ0n) is 16.8. The molecular weight excluding hydrogens is 358 g/mol. The average Bonchev–Trinajstić information content (AvgIpc) is 3.07. The highest BCUT2D eigenvalue weighted by molar-refractivity contribution is 5.74. The Bertz CT molecular complexity index is 711. The van der Waals surface area contributed by atoms with Gasteiger partial charge >= 0.3 is 6.09 Å². The number of primary amides is 1. The Morgan fingerprint density at radius 1 is 1.25 bits per heavy atom. The van der Waals surface area contributed by atoms with E-state index in [4.69, 9.17) is 20.5 Å². The molecule has 1 aliphatic rings. The number of nitriles is 1. The first-order valence-electron chi connectivity index (χ1n) is 9.72. The molecule has 0 bridgehead atoms. The molecule has 2 amide bonds. The third-order valence-electron chi connectivity index (χ3n) is 4.94. The molecule has 2 N–H and O–H groups in total. The smallest absolute Gasteiger partial charge is 0.410 e. The lowest BCUT2D eigenvalue weighted by Crippen LogP contribution is -2.51. The molecule has 0 heterocycles. The number of rotatable bonds is 8. The molecule has 0 radical (unpaired) electrons. The molecule has 152 valence electrons. The van der Waals surface area contributed by atoms with Crippen LogP contribution < -0.4 is 10.5 Å². The van der Waals surface area contributed by atoms with Gasteiger partial charge in [0, 0.05) is 12.5 Å². The van der Waals surface area contributed by atoms with Crippen LogP contribution in [0.4, 0.5) is 4.79 Å². The Morgan fingerprint density at radius 2 is 1.93 bits per heavy atom. The number of hydrogen-bond acceptors (Lipinski definition) is 5. The van der Waals surface area contributed by atoms with Gasteiger partial charge in [0.05, 0.1) is 23.8 Å². The van der Waals surface area contributed by atoms with Crippen LogP contribution in [-0.4, -0.2) is 41.7 Å². The molecule has 0 saturated heterocycles. The number of carbonyl (C=O) groups excluding carboxylic acids is 2. The van der Waals surface area contributed by atoms with Gasteiger partial charge in [0.2, 0.25) is 5.91 Å². The molecule has 7 heteroatoms. The second kappa shape index (κ2) is 9.98. The van der Waals surface area contributed by atoms with Gasteiger partial charge in [-0.15, -0.1) is 0 Å². The maximum atomic E-state index is 12.8. The number of nitrogens with two attached hydrogens (primary N) is 1. The van der Waals surface area contributed by atoms with Crippen LogP contribution in [0.2, 0.25) is 0 Å². The summed E-state index contributed by atoms with van der Waals surface area (Å²) in [7, 11) is 0. The van der Waals surface area contributed by atoms with Gasteiger partial charge in [0.15, 0.2) is 0 Å². The predicted octanol–water partition coefficient (Wildman–Crippen LogP) is 3.22. The lowest BCUT2D eigenvalue weighted by molar-refractivity contribution is -0.119. The highest BCUT2D eigenvalue weighted by atomic mass is 16.6. The van der Waals surface area contributed by atoms with Crippen LogP contribution >= 0.6 is 0 Å². The normalized spacial score (nSPS) is 19.7. The van der Waals surface area contributed by atoms with Gasteiger partial charge in [-0.05, 0) is 63.8 Å². The molecule has 3 atom stereocenters. The molecule has 0 spiro atoms. The van der Waals surface area contributed by atoms with E-state index >= 15 is 0 Å². The zero-order valence-corrected chi connectivity index (χ0v) is 16.8. The number of amides is 2. The first-order chi connectivity index (χ1) is 13.3. The van der Waals surface area contributed by atoms with Crippen molar-refractivity contribution in [3.8, 4) is 11.8 Å². The Balaban J connectivity index is 2.11. The minimum absolute atomic E-state index is 0.0366. The van der Waals surface area contributed by atoms with E-state index in [0.717, 1.165) is 19.3 Å². The van der Waals surface area contributed by atoms with E-state index in [0.29, 0.717) is 11.3 Å². The largest absolute Gasteiger partial charge is 0.491 e. The second-order valence-corrected chi connectivity index (χ2v) is 7.56. The molecule has 1 fully saturated rings. The van der Waals surface area contributed by atoms with Crippen molar-refractivity contribution in [2.45, 2.75) is 64.6 Å². The fraction of sp³-hybridized carbons (Fsp3) is 0.571. The van der Waals surface area contributed by atoms with Crippen molar-refractivity contribution in [2.75, 3.05) is 6.61 Å². The van der Waals surface area contributed by atoms with Gasteiger partial charge in [-0.1, -0.05) is 6.42 Å². The summed E-state index contributed by atoms with van der Waals surface area (Å²) in [5, 5.41) is 8.88. The van der Waals surface area contributed by atoms with Crippen molar-refractivity contribution in [3.05, 3.63) is 29.8 Å². The van der Waals surface area contributed by atoms with Gasteiger partial charge in [0.1, 0.15) is 12.4 Å². The van der Waals surface area contributed by atoms with Crippen molar-refractivity contribution in [1.29, 1.82) is 5.26 Å². The van der Waals surface area contributed by atoms with Gasteiger partial charge in [-0.3, -0.25) is 9.69 Å². The maximum absolute atomic E-state index is 12.8. The molecule has 1 saturated carbocycles. The SMILES string of the molecule is CC(C)OC(=O)N(C(C)COc1ccc(C#N)cc1)C1CCCC1CC(N)=O. The summed E-state index contributed by atoms with van der Waals surface area (Å²) >= 11 is 0. The van der Waals surface area contributed by atoms with Crippen LogP contribution in [0.25, 0.3) is 0 Å².